The summed E-state index contributed by atoms with van der Waals surface area (Å²) in [4.78, 5) is 41.1. The molecule has 9 nitrogen and oxygen atoms in total. The molecule has 78 valence electrons. The Hall–Kier alpha value is -2.32. The van der Waals surface area contributed by atoms with E-state index in [2.05, 4.69) is 0 Å². The Morgan fingerprint density at radius 1 is 0.786 bits per heavy atom. The Bertz CT molecular complexity index is 271. The second-order valence-corrected chi connectivity index (χ2v) is 2.10. The zero-order chi connectivity index (χ0) is 11.5. The molecule has 0 heterocycles. The van der Waals surface area contributed by atoms with Gasteiger partial charge in [0.2, 0.25) is 0 Å². The minimum absolute atomic E-state index is 0.910. The van der Waals surface area contributed by atoms with Crippen molar-refractivity contribution in [2.45, 2.75) is 5.54 Å². The second kappa shape index (κ2) is 3.60. The van der Waals surface area contributed by atoms with E-state index in [1.165, 1.54) is 0 Å². The van der Waals surface area contributed by atoms with Gasteiger partial charge in [0.05, 0.1) is 0 Å². The van der Waals surface area contributed by atoms with Crippen LogP contribution in [-0.4, -0.2) is 50.0 Å². The number of hydrogen-bond acceptors (Lipinski definition) is 4. The molecule has 0 unspecified atom stereocenters. The van der Waals surface area contributed by atoms with Gasteiger partial charge in [-0.25, -0.2) is 19.2 Å². The predicted octanol–water partition coefficient (Wildman–Crippen LogP) is -1.75. The first-order chi connectivity index (χ1) is 6.25. The van der Waals surface area contributed by atoms with Crippen LogP contribution in [0.1, 0.15) is 0 Å². The maximum atomic E-state index is 10.4. The molecule has 0 saturated carbocycles. The van der Waals surface area contributed by atoms with Gasteiger partial charge in [0.25, 0.3) is 0 Å². The second-order valence-electron chi connectivity index (χ2n) is 2.10. The number of hydrogen-bond donors (Lipinski definition) is 5. The summed E-state index contributed by atoms with van der Waals surface area (Å²) in [5, 5.41) is 34.0. The van der Waals surface area contributed by atoms with Gasteiger partial charge in [0.15, 0.2) is 0 Å². The van der Waals surface area contributed by atoms with Gasteiger partial charge >= 0.3 is 29.5 Å². The first-order valence-corrected chi connectivity index (χ1v) is 2.96. The number of aliphatic carboxylic acids is 3. The summed E-state index contributed by atoms with van der Waals surface area (Å²) in [6.45, 7) is 0. The molecule has 14 heavy (non-hydrogen) atoms. The van der Waals surface area contributed by atoms with Crippen molar-refractivity contribution in [2.24, 2.45) is 0 Å². The van der Waals surface area contributed by atoms with Crippen molar-refractivity contribution >= 4 is 24.0 Å². The van der Waals surface area contributed by atoms with Gasteiger partial charge in [-0.3, -0.25) is 5.32 Å². The molecule has 0 aromatic rings. The van der Waals surface area contributed by atoms with Crippen molar-refractivity contribution in [2.75, 3.05) is 0 Å². The van der Waals surface area contributed by atoms with Crippen molar-refractivity contribution in [1.29, 1.82) is 0 Å². The van der Waals surface area contributed by atoms with Crippen LogP contribution < -0.4 is 5.32 Å². The van der Waals surface area contributed by atoms with Gasteiger partial charge < -0.3 is 20.4 Å². The Morgan fingerprint density at radius 3 is 1.14 bits per heavy atom. The molecule has 0 bridgehead atoms. The predicted molar refractivity (Wildman–Crippen MR) is 36.8 cm³/mol. The highest BCUT2D eigenvalue weighted by atomic mass is 16.4. The third-order valence-corrected chi connectivity index (χ3v) is 1.26. The summed E-state index contributed by atoms with van der Waals surface area (Å²) in [6, 6.07) is 0. The lowest BCUT2D eigenvalue weighted by Crippen LogP contribution is -2.65. The van der Waals surface area contributed by atoms with Crippen molar-refractivity contribution in [1.82, 2.24) is 5.32 Å². The fourth-order valence-electron chi connectivity index (χ4n) is 0.595. The van der Waals surface area contributed by atoms with Crippen LogP contribution in [0.3, 0.4) is 0 Å². The number of carboxylic acid groups (broad SMARTS) is 4. The molecular formula is C5H5NO8. The first-order valence-electron chi connectivity index (χ1n) is 2.96. The van der Waals surface area contributed by atoms with Gasteiger partial charge in [0, 0.05) is 0 Å². The van der Waals surface area contributed by atoms with Crippen LogP contribution >= 0.6 is 0 Å². The lowest BCUT2D eigenvalue weighted by molar-refractivity contribution is -0.168. The molecular weight excluding hydrogens is 202 g/mol. The molecule has 0 saturated heterocycles. The van der Waals surface area contributed by atoms with Crippen LogP contribution in [0, 0.1) is 0 Å². The maximum absolute atomic E-state index is 10.4. The van der Waals surface area contributed by atoms with Crippen LogP contribution in [-0.2, 0) is 14.4 Å². The minimum Gasteiger partial charge on any atom is -0.479 e. The smallest absolute Gasteiger partial charge is 0.406 e. The van der Waals surface area contributed by atoms with E-state index < -0.39 is 29.5 Å². The minimum atomic E-state index is -3.58. The van der Waals surface area contributed by atoms with E-state index >= 15 is 0 Å². The van der Waals surface area contributed by atoms with E-state index in [0.29, 0.717) is 0 Å². The Labute approximate surface area is 75.6 Å². The van der Waals surface area contributed by atoms with Crippen molar-refractivity contribution in [3.63, 3.8) is 0 Å². The largest absolute Gasteiger partial charge is 0.479 e. The third-order valence-electron chi connectivity index (χ3n) is 1.26. The van der Waals surface area contributed by atoms with Crippen molar-refractivity contribution in [3.8, 4) is 0 Å². The average molecular weight is 207 g/mol. The molecule has 0 aliphatic rings. The van der Waals surface area contributed by atoms with Crippen LogP contribution in [0.5, 0.6) is 0 Å². The molecule has 0 fully saturated rings. The Morgan fingerprint density at radius 2 is 1.07 bits per heavy atom. The summed E-state index contributed by atoms with van der Waals surface area (Å²) in [5.41, 5.74) is -3.58. The number of rotatable bonds is 4. The third kappa shape index (κ3) is 1.71. The number of carbonyl (C=O) groups is 4. The monoisotopic (exact) mass is 207 g/mol. The fourth-order valence-corrected chi connectivity index (χ4v) is 0.595. The highest BCUT2D eigenvalue weighted by Gasteiger charge is 2.56. The molecule has 9 heteroatoms. The first kappa shape index (κ1) is 11.7. The molecule has 0 radical (unpaired) electrons. The highest BCUT2D eigenvalue weighted by Crippen LogP contribution is 2.06. The van der Waals surface area contributed by atoms with E-state index in [-0.39, 0.29) is 0 Å². The Kier molecular flexibility index (Phi) is 3.00. The molecule has 5 N–H and O–H groups in total. The van der Waals surface area contributed by atoms with Crippen LogP contribution in [0.15, 0.2) is 0 Å². The van der Waals surface area contributed by atoms with Gasteiger partial charge in [-0.15, -0.1) is 0 Å². The van der Waals surface area contributed by atoms with Crippen LogP contribution in [0.25, 0.3) is 0 Å². The summed E-state index contributed by atoms with van der Waals surface area (Å²) in [6.07, 6.45) is -2.07. The van der Waals surface area contributed by atoms with Gasteiger partial charge in [-0.1, -0.05) is 0 Å². The lowest BCUT2D eigenvalue weighted by atomic mass is 10.0. The summed E-state index contributed by atoms with van der Waals surface area (Å²) < 4.78 is 0. The summed E-state index contributed by atoms with van der Waals surface area (Å²) in [7, 11) is 0. The van der Waals surface area contributed by atoms with Crippen molar-refractivity contribution < 1.29 is 39.6 Å². The lowest BCUT2D eigenvalue weighted by Gasteiger charge is -2.18. The standard InChI is InChI=1S/C5H5NO8/c7-1(8)5(2(9)10,3(11)12)6-4(13)14/h6H,(H,7,8)(H,9,10)(H,11,12)(H,13,14). The van der Waals surface area contributed by atoms with E-state index in [9.17, 15) is 19.2 Å². The number of amides is 1. The number of carboxylic acids is 3. The zero-order valence-corrected chi connectivity index (χ0v) is 6.42. The van der Waals surface area contributed by atoms with Crippen molar-refractivity contribution in [3.05, 3.63) is 0 Å². The molecule has 0 aliphatic carbocycles. The molecule has 0 aliphatic heterocycles. The quantitative estimate of drug-likeness (QED) is 0.339. The zero-order valence-electron chi connectivity index (χ0n) is 6.42. The van der Waals surface area contributed by atoms with E-state index in [1.54, 1.807) is 0 Å². The highest BCUT2D eigenvalue weighted by molar-refractivity contribution is 6.23. The number of nitrogens with one attached hydrogen (secondary N) is 1. The van der Waals surface area contributed by atoms with E-state index in [1.807, 2.05) is 0 Å². The van der Waals surface area contributed by atoms with Gasteiger partial charge in [0.1, 0.15) is 0 Å². The topological polar surface area (TPSA) is 161 Å². The molecule has 1 amide bonds. The summed E-state index contributed by atoms with van der Waals surface area (Å²) in [5.74, 6) is -7.00. The fraction of sp³-hybridized carbons (Fsp3) is 0.200. The van der Waals surface area contributed by atoms with Gasteiger partial charge in [-0.05, 0) is 0 Å². The SMILES string of the molecule is O=C(O)NC(C(=O)O)(C(=O)O)C(=O)O. The van der Waals surface area contributed by atoms with E-state index in [4.69, 9.17) is 20.4 Å². The van der Waals surface area contributed by atoms with Crippen LogP contribution in [0.2, 0.25) is 0 Å². The molecule has 0 rings (SSSR count). The maximum Gasteiger partial charge on any atom is 0.406 e. The molecule has 0 aromatic carbocycles. The Balaban J connectivity index is 5.38. The van der Waals surface area contributed by atoms with Gasteiger partial charge in [-0.2, -0.15) is 0 Å². The molecule has 0 aromatic heterocycles. The average Bonchev–Trinajstić information content (AvgIpc) is 1.97. The molecule has 0 atom stereocenters. The summed E-state index contributed by atoms with van der Waals surface area (Å²) >= 11 is 0. The van der Waals surface area contributed by atoms with E-state index in [0.717, 1.165) is 5.32 Å². The normalized spacial score (nSPS) is 10.3. The van der Waals surface area contributed by atoms with Crippen LogP contribution in [0.4, 0.5) is 4.79 Å². The molecule has 0 spiro atoms.